The number of benzene rings is 1. The molecule has 0 aliphatic carbocycles. The van der Waals surface area contributed by atoms with E-state index < -0.39 is 17.5 Å². The van der Waals surface area contributed by atoms with Gasteiger partial charge in [-0.15, -0.1) is 0 Å². The lowest BCUT2D eigenvalue weighted by Gasteiger charge is -2.19. The Balaban J connectivity index is 2.06. The maximum absolute atomic E-state index is 12.2. The number of hydrogen-bond acceptors (Lipinski definition) is 3. The van der Waals surface area contributed by atoms with Gasteiger partial charge < -0.3 is 10.6 Å². The van der Waals surface area contributed by atoms with Crippen LogP contribution in [0.5, 0.6) is 0 Å². The van der Waals surface area contributed by atoms with E-state index in [-0.39, 0.29) is 12.5 Å². The summed E-state index contributed by atoms with van der Waals surface area (Å²) in [7, 11) is 0. The minimum absolute atomic E-state index is 0.284. The summed E-state index contributed by atoms with van der Waals surface area (Å²) < 4.78 is 0. The number of amides is 4. The zero-order valence-corrected chi connectivity index (χ0v) is 13.3. The number of imide groups is 1. The molecule has 1 atom stereocenters. The van der Waals surface area contributed by atoms with Crippen LogP contribution in [0.25, 0.3) is 0 Å². The van der Waals surface area contributed by atoms with Gasteiger partial charge >= 0.3 is 6.03 Å². The number of carbonyl (C=O) groups excluding carboxylic acids is 3. The van der Waals surface area contributed by atoms with Crippen LogP contribution < -0.4 is 10.6 Å². The molecule has 4 amide bonds. The van der Waals surface area contributed by atoms with Gasteiger partial charge in [-0.1, -0.05) is 13.0 Å². The van der Waals surface area contributed by atoms with Gasteiger partial charge in [0.2, 0.25) is 5.91 Å². The molecule has 1 fully saturated rings. The van der Waals surface area contributed by atoms with Crippen LogP contribution in [0, 0.1) is 13.8 Å². The zero-order chi connectivity index (χ0) is 16.5. The van der Waals surface area contributed by atoms with Crippen molar-refractivity contribution in [1.82, 2.24) is 10.2 Å². The molecular formula is C16H21N3O3. The highest BCUT2D eigenvalue weighted by Crippen LogP contribution is 2.21. The van der Waals surface area contributed by atoms with Gasteiger partial charge in [-0.2, -0.15) is 0 Å². The molecule has 1 heterocycles. The fraction of sp³-hybridized carbons (Fsp3) is 0.438. The van der Waals surface area contributed by atoms with Gasteiger partial charge in [0.05, 0.1) is 0 Å². The number of carbonyl (C=O) groups is 3. The highest BCUT2D eigenvalue weighted by atomic mass is 16.2. The molecule has 0 radical (unpaired) electrons. The molecular weight excluding hydrogens is 282 g/mol. The molecule has 2 N–H and O–H groups in total. The van der Waals surface area contributed by atoms with Gasteiger partial charge in [-0.05, 0) is 50.5 Å². The third kappa shape index (κ3) is 3.10. The van der Waals surface area contributed by atoms with E-state index in [9.17, 15) is 14.4 Å². The largest absolute Gasteiger partial charge is 0.325 e. The lowest BCUT2D eigenvalue weighted by atomic mass is 9.99. The summed E-state index contributed by atoms with van der Waals surface area (Å²) in [5, 5.41) is 5.35. The molecule has 2 rings (SSSR count). The van der Waals surface area contributed by atoms with Crippen molar-refractivity contribution in [3.05, 3.63) is 29.3 Å². The quantitative estimate of drug-likeness (QED) is 0.835. The lowest BCUT2D eigenvalue weighted by Crippen LogP contribution is -2.44. The van der Waals surface area contributed by atoms with Crippen LogP contribution in [0.15, 0.2) is 18.2 Å². The Labute approximate surface area is 129 Å². The van der Waals surface area contributed by atoms with Gasteiger partial charge in [0.15, 0.2) is 0 Å². The van der Waals surface area contributed by atoms with E-state index in [4.69, 9.17) is 0 Å². The third-order valence-electron chi connectivity index (χ3n) is 3.86. The van der Waals surface area contributed by atoms with Crippen LogP contribution in [0.2, 0.25) is 0 Å². The maximum atomic E-state index is 12.2. The number of anilines is 1. The Hall–Kier alpha value is -2.37. The molecule has 1 aromatic carbocycles. The Morgan fingerprint density at radius 3 is 2.32 bits per heavy atom. The molecule has 22 heavy (non-hydrogen) atoms. The van der Waals surface area contributed by atoms with Gasteiger partial charge in [0.25, 0.3) is 5.91 Å². The summed E-state index contributed by atoms with van der Waals surface area (Å²) in [6.45, 7) is 7.07. The first-order valence-electron chi connectivity index (χ1n) is 7.27. The first kappa shape index (κ1) is 16.0. The minimum atomic E-state index is -0.919. The number of nitrogens with zero attached hydrogens (tertiary/aromatic N) is 1. The zero-order valence-electron chi connectivity index (χ0n) is 13.3. The Morgan fingerprint density at radius 1 is 1.23 bits per heavy atom. The summed E-state index contributed by atoms with van der Waals surface area (Å²) in [5.74, 6) is -0.760. The molecule has 6 nitrogen and oxygen atoms in total. The number of rotatable bonds is 4. The summed E-state index contributed by atoms with van der Waals surface area (Å²) >= 11 is 0. The first-order chi connectivity index (χ1) is 10.2. The first-order valence-corrected chi connectivity index (χ1v) is 7.27. The van der Waals surface area contributed by atoms with E-state index >= 15 is 0 Å². The van der Waals surface area contributed by atoms with E-state index in [0.29, 0.717) is 12.1 Å². The predicted octanol–water partition coefficient (Wildman–Crippen LogP) is 1.96. The summed E-state index contributed by atoms with van der Waals surface area (Å²) in [4.78, 5) is 37.2. The molecule has 1 aliphatic rings. The van der Waals surface area contributed by atoms with Crippen LogP contribution in [0.3, 0.4) is 0 Å². The average Bonchev–Trinajstić information content (AvgIpc) is 2.62. The van der Waals surface area contributed by atoms with Crippen molar-refractivity contribution in [3.8, 4) is 0 Å². The second kappa shape index (κ2) is 5.79. The van der Waals surface area contributed by atoms with Crippen molar-refractivity contribution >= 4 is 23.5 Å². The Bertz CT molecular complexity index is 621. The van der Waals surface area contributed by atoms with E-state index in [0.717, 1.165) is 16.0 Å². The van der Waals surface area contributed by atoms with Crippen molar-refractivity contribution in [2.24, 2.45) is 0 Å². The van der Waals surface area contributed by atoms with Crippen molar-refractivity contribution < 1.29 is 14.4 Å². The standard InChI is InChI=1S/C16H21N3O3/c1-5-16(4)14(21)19(15(22)18-16)9-13(20)17-12-7-10(2)6-11(3)8-12/h6-8H,5,9H2,1-4H3,(H,17,20)(H,18,22)/t16-/m0/s1. The molecule has 6 heteroatoms. The number of nitrogens with one attached hydrogen (secondary N) is 2. The van der Waals surface area contributed by atoms with Gasteiger partial charge in [0.1, 0.15) is 12.1 Å². The third-order valence-corrected chi connectivity index (χ3v) is 3.86. The second-order valence-electron chi connectivity index (χ2n) is 5.93. The topological polar surface area (TPSA) is 78.5 Å². The smallest absolute Gasteiger partial charge is 0.325 e. The van der Waals surface area contributed by atoms with Gasteiger partial charge in [-0.3, -0.25) is 14.5 Å². The summed E-state index contributed by atoms with van der Waals surface area (Å²) in [6.07, 6.45) is 0.479. The Morgan fingerprint density at radius 2 is 1.82 bits per heavy atom. The molecule has 0 spiro atoms. The number of urea groups is 1. The fourth-order valence-corrected chi connectivity index (χ4v) is 2.52. The summed E-state index contributed by atoms with van der Waals surface area (Å²) in [6, 6.07) is 5.16. The summed E-state index contributed by atoms with van der Waals surface area (Å²) in [5.41, 5.74) is 1.80. The van der Waals surface area contributed by atoms with E-state index in [1.807, 2.05) is 39.0 Å². The number of hydrogen-bond donors (Lipinski definition) is 2. The molecule has 0 bridgehead atoms. The number of aryl methyl sites for hydroxylation is 2. The van der Waals surface area contributed by atoms with E-state index in [1.54, 1.807) is 6.92 Å². The van der Waals surface area contributed by atoms with Crippen LogP contribution in [-0.2, 0) is 9.59 Å². The van der Waals surface area contributed by atoms with Crippen LogP contribution in [0.4, 0.5) is 10.5 Å². The van der Waals surface area contributed by atoms with Crippen LogP contribution in [0.1, 0.15) is 31.4 Å². The molecule has 118 valence electrons. The highest BCUT2D eigenvalue weighted by molar-refractivity contribution is 6.09. The monoisotopic (exact) mass is 303 g/mol. The van der Waals surface area contributed by atoms with Gasteiger partial charge in [-0.25, -0.2) is 4.79 Å². The lowest BCUT2D eigenvalue weighted by molar-refractivity contribution is -0.133. The van der Waals surface area contributed by atoms with Crippen molar-refractivity contribution in [1.29, 1.82) is 0 Å². The van der Waals surface area contributed by atoms with Crippen molar-refractivity contribution in [3.63, 3.8) is 0 Å². The van der Waals surface area contributed by atoms with E-state index in [1.165, 1.54) is 0 Å². The SMILES string of the molecule is CC[C@]1(C)NC(=O)N(CC(=O)Nc2cc(C)cc(C)c2)C1=O. The van der Waals surface area contributed by atoms with Crippen LogP contribution in [-0.4, -0.2) is 34.8 Å². The molecule has 1 saturated heterocycles. The second-order valence-corrected chi connectivity index (χ2v) is 5.93. The maximum Gasteiger partial charge on any atom is 0.325 e. The fourth-order valence-electron chi connectivity index (χ4n) is 2.52. The van der Waals surface area contributed by atoms with Crippen molar-refractivity contribution in [2.45, 2.75) is 39.7 Å². The van der Waals surface area contributed by atoms with Gasteiger partial charge in [0, 0.05) is 5.69 Å². The molecule has 0 saturated carbocycles. The van der Waals surface area contributed by atoms with Crippen LogP contribution >= 0.6 is 0 Å². The highest BCUT2D eigenvalue weighted by Gasteiger charge is 2.46. The van der Waals surface area contributed by atoms with E-state index in [2.05, 4.69) is 10.6 Å². The molecule has 0 aromatic heterocycles. The minimum Gasteiger partial charge on any atom is -0.325 e. The van der Waals surface area contributed by atoms with Crippen molar-refractivity contribution in [2.75, 3.05) is 11.9 Å². The normalized spacial score (nSPS) is 21.0. The molecule has 1 aliphatic heterocycles. The molecule has 0 unspecified atom stereocenters. The molecule has 1 aromatic rings. The Kier molecular flexibility index (Phi) is 4.21. The predicted molar refractivity (Wildman–Crippen MR) is 83.5 cm³/mol. The average molecular weight is 303 g/mol.